The van der Waals surface area contributed by atoms with Gasteiger partial charge in [-0.1, -0.05) is 17.3 Å². The van der Waals surface area contributed by atoms with Crippen LogP contribution in [-0.4, -0.2) is 31.8 Å². The molecule has 6 nitrogen and oxygen atoms in total. The molecule has 0 aliphatic rings. The second kappa shape index (κ2) is 6.78. The van der Waals surface area contributed by atoms with Gasteiger partial charge in [-0.05, 0) is 31.0 Å². The molecule has 2 N–H and O–H groups in total. The van der Waals surface area contributed by atoms with Crippen LogP contribution in [0.15, 0.2) is 34.9 Å². The van der Waals surface area contributed by atoms with Gasteiger partial charge < -0.3 is 14.7 Å². The topological polar surface area (TPSA) is 70.4 Å². The first kappa shape index (κ1) is 14.9. The fourth-order valence-corrected chi connectivity index (χ4v) is 1.87. The molecule has 0 unspecified atom stereocenters. The van der Waals surface area contributed by atoms with Gasteiger partial charge in [-0.2, -0.15) is 0 Å². The number of nitrogens with zero attached hydrogens (tertiary/aromatic N) is 2. The molecule has 0 bridgehead atoms. The first-order valence-electron chi connectivity index (χ1n) is 6.79. The molecule has 2 amide bonds. The number of carbonyl (C=O) groups is 1. The first-order chi connectivity index (χ1) is 10.0. The van der Waals surface area contributed by atoms with E-state index in [9.17, 15) is 4.79 Å². The third-order valence-electron chi connectivity index (χ3n) is 3.02. The van der Waals surface area contributed by atoms with E-state index in [0.29, 0.717) is 18.1 Å². The van der Waals surface area contributed by atoms with Gasteiger partial charge in [0.05, 0.1) is 0 Å². The van der Waals surface area contributed by atoms with Crippen LogP contribution >= 0.6 is 0 Å². The monoisotopic (exact) mass is 288 g/mol. The van der Waals surface area contributed by atoms with Crippen LogP contribution in [0.1, 0.15) is 11.3 Å². The van der Waals surface area contributed by atoms with Gasteiger partial charge >= 0.3 is 6.03 Å². The summed E-state index contributed by atoms with van der Waals surface area (Å²) < 4.78 is 4.87. The van der Waals surface area contributed by atoms with Gasteiger partial charge in [0.25, 0.3) is 0 Å². The van der Waals surface area contributed by atoms with Gasteiger partial charge in [0, 0.05) is 32.4 Å². The second-order valence-corrected chi connectivity index (χ2v) is 5.01. The van der Waals surface area contributed by atoms with Gasteiger partial charge in [0.15, 0.2) is 5.82 Å². The van der Waals surface area contributed by atoms with E-state index in [1.165, 1.54) is 5.56 Å². The third kappa shape index (κ3) is 4.52. The summed E-state index contributed by atoms with van der Waals surface area (Å²) in [6, 6.07) is 9.64. The molecule has 0 aliphatic heterocycles. The number of hydrogen-bond acceptors (Lipinski definition) is 4. The molecule has 21 heavy (non-hydrogen) atoms. The Balaban J connectivity index is 1.74. The van der Waals surface area contributed by atoms with Crippen LogP contribution in [0, 0.1) is 6.92 Å². The summed E-state index contributed by atoms with van der Waals surface area (Å²) in [5.41, 5.74) is 2.34. The highest BCUT2D eigenvalue weighted by Crippen LogP contribution is 2.12. The summed E-state index contributed by atoms with van der Waals surface area (Å²) in [7, 11) is 4.01. The van der Waals surface area contributed by atoms with E-state index in [1.807, 2.05) is 14.1 Å². The highest BCUT2D eigenvalue weighted by molar-refractivity contribution is 5.88. The fraction of sp³-hybridized carbons (Fsp3) is 0.333. The molecule has 1 aromatic heterocycles. The highest BCUT2D eigenvalue weighted by atomic mass is 16.5. The van der Waals surface area contributed by atoms with Crippen molar-refractivity contribution in [1.29, 1.82) is 0 Å². The summed E-state index contributed by atoms with van der Waals surface area (Å²) in [6.45, 7) is 2.33. The molecule has 1 aromatic carbocycles. The Kier molecular flexibility index (Phi) is 4.81. The largest absolute Gasteiger partial charge is 0.378 e. The predicted molar refractivity (Wildman–Crippen MR) is 82.7 cm³/mol. The zero-order chi connectivity index (χ0) is 15.2. The molecule has 0 aliphatic carbocycles. The smallest absolute Gasteiger partial charge is 0.320 e. The molecule has 0 spiro atoms. The number of amides is 2. The standard InChI is InChI=1S/C15H20N4O2/c1-11-10-14(18-21-11)17-15(20)16-9-8-12-4-6-13(7-5-12)19(2)3/h4-7,10H,8-9H2,1-3H3,(H2,16,17,18,20). The van der Waals surface area contributed by atoms with Gasteiger partial charge in [0.1, 0.15) is 5.76 Å². The van der Waals surface area contributed by atoms with Crippen molar-refractivity contribution in [2.45, 2.75) is 13.3 Å². The Hall–Kier alpha value is -2.50. The van der Waals surface area contributed by atoms with Crippen LogP contribution in [0.4, 0.5) is 16.3 Å². The number of urea groups is 1. The Morgan fingerprint density at radius 1 is 1.29 bits per heavy atom. The molecule has 2 rings (SSSR count). The Bertz CT molecular complexity index is 590. The lowest BCUT2D eigenvalue weighted by molar-refractivity contribution is 0.252. The minimum absolute atomic E-state index is 0.284. The molecule has 0 radical (unpaired) electrons. The zero-order valence-corrected chi connectivity index (χ0v) is 12.5. The van der Waals surface area contributed by atoms with Crippen molar-refractivity contribution in [2.24, 2.45) is 0 Å². The minimum atomic E-state index is -0.284. The number of anilines is 2. The quantitative estimate of drug-likeness (QED) is 0.886. The molecular formula is C15H20N4O2. The van der Waals surface area contributed by atoms with Crippen molar-refractivity contribution in [2.75, 3.05) is 30.9 Å². The normalized spacial score (nSPS) is 10.2. The maximum absolute atomic E-state index is 11.6. The van der Waals surface area contributed by atoms with Crippen LogP contribution in [0.2, 0.25) is 0 Å². The summed E-state index contributed by atoms with van der Waals surface area (Å²) in [5.74, 6) is 1.08. The number of hydrogen-bond donors (Lipinski definition) is 2. The van der Waals surface area contributed by atoms with Gasteiger partial charge in [-0.3, -0.25) is 5.32 Å². The molecular weight excluding hydrogens is 268 g/mol. The fourth-order valence-electron chi connectivity index (χ4n) is 1.87. The number of aryl methyl sites for hydroxylation is 1. The van der Waals surface area contributed by atoms with E-state index < -0.39 is 0 Å². The van der Waals surface area contributed by atoms with E-state index >= 15 is 0 Å². The lowest BCUT2D eigenvalue weighted by Crippen LogP contribution is -2.30. The van der Waals surface area contributed by atoms with Crippen molar-refractivity contribution in [1.82, 2.24) is 10.5 Å². The lowest BCUT2D eigenvalue weighted by atomic mass is 10.1. The van der Waals surface area contributed by atoms with E-state index in [0.717, 1.165) is 12.1 Å². The Morgan fingerprint density at radius 2 is 2.00 bits per heavy atom. The van der Waals surface area contributed by atoms with E-state index in [-0.39, 0.29) is 6.03 Å². The Labute approximate surface area is 124 Å². The predicted octanol–water partition coefficient (Wildman–Crippen LogP) is 2.41. The molecule has 2 aromatic rings. The number of carbonyl (C=O) groups excluding carboxylic acids is 1. The maximum Gasteiger partial charge on any atom is 0.320 e. The SMILES string of the molecule is Cc1cc(NC(=O)NCCc2ccc(N(C)C)cc2)no1. The lowest BCUT2D eigenvalue weighted by Gasteiger charge is -2.12. The van der Waals surface area contributed by atoms with Gasteiger partial charge in [-0.15, -0.1) is 0 Å². The summed E-state index contributed by atoms with van der Waals surface area (Å²) in [5, 5.41) is 9.09. The summed E-state index contributed by atoms with van der Waals surface area (Å²) in [4.78, 5) is 13.7. The Morgan fingerprint density at radius 3 is 2.57 bits per heavy atom. The van der Waals surface area contributed by atoms with Gasteiger partial charge in [-0.25, -0.2) is 4.79 Å². The molecule has 112 valence electrons. The molecule has 0 atom stereocenters. The van der Waals surface area contributed by atoms with Crippen LogP contribution < -0.4 is 15.5 Å². The maximum atomic E-state index is 11.6. The molecule has 6 heteroatoms. The average Bonchev–Trinajstić information content (AvgIpc) is 2.84. The third-order valence-corrected chi connectivity index (χ3v) is 3.02. The van der Waals surface area contributed by atoms with E-state index in [4.69, 9.17) is 4.52 Å². The number of aromatic nitrogens is 1. The van der Waals surface area contributed by atoms with Crippen LogP contribution in [0.5, 0.6) is 0 Å². The molecule has 0 saturated heterocycles. The number of nitrogens with one attached hydrogen (secondary N) is 2. The van der Waals surface area contributed by atoms with E-state index in [1.54, 1.807) is 13.0 Å². The number of rotatable bonds is 5. The van der Waals surface area contributed by atoms with E-state index in [2.05, 4.69) is 45.0 Å². The highest BCUT2D eigenvalue weighted by Gasteiger charge is 2.05. The van der Waals surface area contributed by atoms with Crippen molar-refractivity contribution < 1.29 is 9.32 Å². The van der Waals surface area contributed by atoms with Crippen molar-refractivity contribution in [3.05, 3.63) is 41.7 Å². The van der Waals surface area contributed by atoms with Crippen molar-refractivity contribution in [3.63, 3.8) is 0 Å². The van der Waals surface area contributed by atoms with Crippen LogP contribution in [-0.2, 0) is 6.42 Å². The molecule has 0 fully saturated rings. The second-order valence-electron chi connectivity index (χ2n) is 5.01. The summed E-state index contributed by atoms with van der Waals surface area (Å²) in [6.07, 6.45) is 0.777. The van der Waals surface area contributed by atoms with Crippen molar-refractivity contribution in [3.8, 4) is 0 Å². The molecule has 0 saturated carbocycles. The number of benzene rings is 1. The zero-order valence-electron chi connectivity index (χ0n) is 12.5. The van der Waals surface area contributed by atoms with Crippen LogP contribution in [0.3, 0.4) is 0 Å². The molecule has 1 heterocycles. The van der Waals surface area contributed by atoms with Crippen LogP contribution in [0.25, 0.3) is 0 Å². The first-order valence-corrected chi connectivity index (χ1v) is 6.79. The van der Waals surface area contributed by atoms with Gasteiger partial charge in [0.2, 0.25) is 0 Å². The minimum Gasteiger partial charge on any atom is -0.378 e. The van der Waals surface area contributed by atoms with Crippen molar-refractivity contribution >= 4 is 17.5 Å². The average molecular weight is 288 g/mol. The summed E-state index contributed by atoms with van der Waals surface area (Å²) >= 11 is 0.